The van der Waals surface area contributed by atoms with Gasteiger partial charge in [0.05, 0.1) is 12.7 Å². The highest BCUT2D eigenvalue weighted by Gasteiger charge is 2.71. The number of benzene rings is 2. The van der Waals surface area contributed by atoms with Gasteiger partial charge in [0.15, 0.2) is 17.2 Å². The number of aromatic hydroxyl groups is 1. The molecule has 0 heterocycles. The summed E-state index contributed by atoms with van der Waals surface area (Å²) >= 11 is 0. The Balaban J connectivity index is 1.88. The number of phenols is 1. The summed E-state index contributed by atoms with van der Waals surface area (Å²) in [5.74, 6) is -4.25. The minimum absolute atomic E-state index is 0.00816. The molecule has 0 saturated carbocycles. The molecule has 0 aromatic heterocycles. The minimum atomic E-state index is -2.66. The van der Waals surface area contributed by atoms with Crippen molar-refractivity contribution in [2.45, 2.75) is 99.5 Å². The third-order valence-electron chi connectivity index (χ3n) is 11.0. The van der Waals surface area contributed by atoms with E-state index in [1.54, 1.807) is 14.0 Å². The zero-order chi connectivity index (χ0) is 36.0. The summed E-state index contributed by atoms with van der Waals surface area (Å²) in [5, 5.41) is 47.9. The number of rotatable bonds is 6. The normalized spacial score (nSPS) is 27.3. The summed E-state index contributed by atoms with van der Waals surface area (Å²) in [7, 11) is 1.59. The molecule has 1 unspecified atom stereocenters. The van der Waals surface area contributed by atoms with Gasteiger partial charge in [-0.05, 0) is 78.3 Å². The summed E-state index contributed by atoms with van der Waals surface area (Å²) in [6.45, 7) is 18.3. The second-order valence-corrected chi connectivity index (χ2v) is 16.5. The molecule has 4 N–H and O–H groups in total. The molecule has 4 atom stereocenters. The van der Waals surface area contributed by atoms with Crippen LogP contribution in [-0.2, 0) is 27.8 Å². The predicted molar refractivity (Wildman–Crippen MR) is 184 cm³/mol. The summed E-state index contributed by atoms with van der Waals surface area (Å²) in [6, 6.07) is 7.92. The van der Waals surface area contributed by atoms with Gasteiger partial charge in [-0.25, -0.2) is 0 Å². The molecule has 3 aliphatic carbocycles. The van der Waals surface area contributed by atoms with Crippen molar-refractivity contribution in [3.8, 4) is 22.6 Å². The van der Waals surface area contributed by atoms with Crippen molar-refractivity contribution < 1.29 is 39.5 Å². The molecule has 8 nitrogen and oxygen atoms in total. The lowest BCUT2D eigenvalue weighted by Crippen LogP contribution is -2.67. The van der Waals surface area contributed by atoms with Gasteiger partial charge in [-0.1, -0.05) is 68.4 Å². The molecule has 48 heavy (non-hydrogen) atoms. The van der Waals surface area contributed by atoms with Crippen LogP contribution in [0, 0.1) is 28.6 Å². The van der Waals surface area contributed by atoms with Gasteiger partial charge in [-0.2, -0.15) is 0 Å². The van der Waals surface area contributed by atoms with E-state index >= 15 is 0 Å². The Morgan fingerprint density at radius 2 is 1.65 bits per heavy atom. The van der Waals surface area contributed by atoms with Crippen LogP contribution in [0.1, 0.15) is 103 Å². The molecule has 5 rings (SSSR count). The number of ketones is 3. The predicted octanol–water partition coefficient (Wildman–Crippen LogP) is 7.52. The zero-order valence-electron chi connectivity index (χ0n) is 30.1. The van der Waals surface area contributed by atoms with Gasteiger partial charge in [0.1, 0.15) is 28.6 Å². The van der Waals surface area contributed by atoms with Crippen molar-refractivity contribution in [1.29, 1.82) is 0 Å². The zero-order valence-corrected chi connectivity index (χ0v) is 30.1. The van der Waals surface area contributed by atoms with Gasteiger partial charge in [-0.3, -0.25) is 14.4 Å². The standard InChI is InChI=1S/C40H50O8/c1-19(2)14-22-12-13-27(48-11)24(15-22)23-16-26(37(6,7)8)32(42)29-25(23)17-38(9)18-39(10)30(20(3)4)33(43)28(21(5)41)35(45)40(39,47)36(46)31(38)34(29)44/h12-13,15-16,19-20,30,42-43,46-47H,14,17-18H2,1-11H3/t30?,38-,39-,40+/m1/s1. The van der Waals surface area contributed by atoms with Gasteiger partial charge < -0.3 is 25.2 Å². The molecule has 8 heteroatoms. The molecule has 0 saturated heterocycles. The topological polar surface area (TPSA) is 141 Å². The van der Waals surface area contributed by atoms with Crippen molar-refractivity contribution in [3.05, 3.63) is 69.2 Å². The van der Waals surface area contributed by atoms with E-state index < -0.39 is 62.2 Å². The molecular formula is C40H50O8. The highest BCUT2D eigenvalue weighted by molar-refractivity contribution is 6.25. The molecule has 2 aromatic carbocycles. The largest absolute Gasteiger partial charge is 0.511 e. The van der Waals surface area contributed by atoms with Gasteiger partial charge in [0.2, 0.25) is 5.78 Å². The SMILES string of the molecule is COc1ccc(CC(C)C)cc1-c1cc(C(C)(C)C)c(O)c2c1C[C@]1(C)C[C@]3(C)C(C(C)C)C(O)=C(C(C)=O)C(=O)[C@]3(O)C(O)=C1C2=O. The number of carbonyl (C=O) groups excluding carboxylic acids is 3. The van der Waals surface area contributed by atoms with Crippen LogP contribution < -0.4 is 4.74 Å². The van der Waals surface area contributed by atoms with Crippen molar-refractivity contribution in [1.82, 2.24) is 0 Å². The fraction of sp³-hybridized carbons (Fsp3) is 0.525. The van der Waals surface area contributed by atoms with E-state index in [-0.39, 0.29) is 35.6 Å². The van der Waals surface area contributed by atoms with E-state index in [4.69, 9.17) is 4.74 Å². The maximum absolute atomic E-state index is 14.9. The highest BCUT2D eigenvalue weighted by Crippen LogP contribution is 2.65. The average Bonchev–Trinajstić information content (AvgIpc) is 2.93. The van der Waals surface area contributed by atoms with Crippen LogP contribution in [0.15, 0.2) is 46.9 Å². The number of fused-ring (bicyclic) bond motifs is 3. The Morgan fingerprint density at radius 1 is 1.02 bits per heavy atom. The van der Waals surface area contributed by atoms with Gasteiger partial charge in [0, 0.05) is 33.4 Å². The molecule has 0 fully saturated rings. The number of hydrogen-bond donors (Lipinski definition) is 4. The van der Waals surface area contributed by atoms with Crippen molar-refractivity contribution >= 4 is 17.3 Å². The van der Waals surface area contributed by atoms with E-state index in [0.29, 0.717) is 22.8 Å². The van der Waals surface area contributed by atoms with Crippen LogP contribution in [0.3, 0.4) is 0 Å². The molecule has 258 valence electrons. The number of carbonyl (C=O) groups is 3. The molecule has 0 bridgehead atoms. The molecule has 3 aliphatic rings. The first-order valence-electron chi connectivity index (χ1n) is 16.8. The van der Waals surface area contributed by atoms with E-state index in [2.05, 4.69) is 19.9 Å². The molecule has 0 aliphatic heterocycles. The first-order chi connectivity index (χ1) is 22.1. The van der Waals surface area contributed by atoms with Gasteiger partial charge >= 0.3 is 0 Å². The monoisotopic (exact) mass is 658 g/mol. The number of Topliss-reactive ketones (excluding diaryl/α,β-unsaturated/α-hetero) is 3. The first kappa shape index (κ1) is 35.4. The van der Waals surface area contributed by atoms with Crippen LogP contribution >= 0.6 is 0 Å². The Morgan fingerprint density at radius 3 is 2.17 bits per heavy atom. The molecule has 2 aromatic rings. The van der Waals surface area contributed by atoms with Crippen molar-refractivity contribution in [3.63, 3.8) is 0 Å². The molecular weight excluding hydrogens is 608 g/mol. The maximum atomic E-state index is 14.9. The van der Waals surface area contributed by atoms with E-state index in [1.165, 1.54) is 0 Å². The molecule has 0 amide bonds. The Hall–Kier alpha value is -3.91. The summed E-state index contributed by atoms with van der Waals surface area (Å²) in [6.07, 6.45) is 1.02. The maximum Gasteiger partial charge on any atom is 0.209 e. The number of methoxy groups -OCH3 is 1. The first-order valence-corrected chi connectivity index (χ1v) is 16.8. The van der Waals surface area contributed by atoms with Crippen LogP contribution in [-0.4, -0.2) is 50.5 Å². The summed E-state index contributed by atoms with van der Waals surface area (Å²) < 4.78 is 5.85. The quantitative estimate of drug-likeness (QED) is 0.234. The third kappa shape index (κ3) is 4.85. The lowest BCUT2D eigenvalue weighted by atomic mass is 9.44. The van der Waals surface area contributed by atoms with Crippen molar-refractivity contribution in [2.24, 2.45) is 28.6 Å². The Labute approximate surface area is 283 Å². The number of aliphatic hydroxyl groups is 3. The van der Waals surface area contributed by atoms with Crippen LogP contribution in [0.25, 0.3) is 11.1 Å². The van der Waals surface area contributed by atoms with Gasteiger partial charge in [-0.15, -0.1) is 0 Å². The van der Waals surface area contributed by atoms with Crippen LogP contribution in [0.5, 0.6) is 11.5 Å². The van der Waals surface area contributed by atoms with E-state index in [1.807, 2.05) is 59.7 Å². The number of phenolic OH excluding ortho intramolecular Hbond substituents is 1. The number of ether oxygens (including phenoxy) is 1. The molecule has 0 radical (unpaired) electrons. The Kier molecular flexibility index (Phi) is 8.35. The minimum Gasteiger partial charge on any atom is -0.511 e. The highest BCUT2D eigenvalue weighted by atomic mass is 16.5. The van der Waals surface area contributed by atoms with Gasteiger partial charge in [0.25, 0.3) is 0 Å². The Bertz CT molecular complexity index is 1820. The van der Waals surface area contributed by atoms with E-state index in [9.17, 15) is 34.8 Å². The van der Waals surface area contributed by atoms with Crippen LogP contribution in [0.4, 0.5) is 0 Å². The van der Waals surface area contributed by atoms with Crippen molar-refractivity contribution in [2.75, 3.05) is 7.11 Å². The number of aliphatic hydroxyl groups excluding tert-OH is 2. The summed E-state index contributed by atoms with van der Waals surface area (Å²) in [4.78, 5) is 41.7. The lowest BCUT2D eigenvalue weighted by molar-refractivity contribution is -0.171. The smallest absolute Gasteiger partial charge is 0.209 e. The van der Waals surface area contributed by atoms with Crippen LogP contribution in [0.2, 0.25) is 0 Å². The molecule has 0 spiro atoms. The summed E-state index contributed by atoms with van der Waals surface area (Å²) in [5.41, 5.74) is -2.95. The second kappa shape index (κ2) is 11.3. The average molecular weight is 659 g/mol. The fourth-order valence-corrected chi connectivity index (χ4v) is 9.18. The van der Waals surface area contributed by atoms with E-state index in [0.717, 1.165) is 30.0 Å². The number of allylic oxidation sites excluding steroid dienone is 2. The lowest BCUT2D eigenvalue weighted by Gasteiger charge is -2.59. The third-order valence-corrected chi connectivity index (χ3v) is 11.0. The number of hydrogen-bond acceptors (Lipinski definition) is 8. The fourth-order valence-electron chi connectivity index (χ4n) is 9.18. The second-order valence-electron chi connectivity index (χ2n) is 16.5.